The summed E-state index contributed by atoms with van der Waals surface area (Å²) < 4.78 is 5.13. The number of benzene rings is 2. The molecule has 0 unspecified atom stereocenters. The summed E-state index contributed by atoms with van der Waals surface area (Å²) in [5.41, 5.74) is 9.39. The van der Waals surface area contributed by atoms with Gasteiger partial charge in [0.2, 0.25) is 0 Å². The molecule has 2 N–H and O–H groups in total. The largest absolute Gasteiger partial charge is 0.490 e. The topological polar surface area (TPSA) is 81.6 Å². The maximum Gasteiger partial charge on any atom is 0.311 e. The number of nitro benzene ring substituents is 1. The zero-order chi connectivity index (χ0) is 22.5. The summed E-state index contributed by atoms with van der Waals surface area (Å²) in [5.74, 6) is 0.273. The quantitative estimate of drug-likeness (QED) is 0.468. The molecule has 0 radical (unpaired) electrons. The molecule has 0 aliphatic carbocycles. The van der Waals surface area contributed by atoms with Crippen LogP contribution in [-0.4, -0.2) is 30.0 Å². The normalized spacial score (nSPS) is 12.3. The standard InChI is InChI=1S/C24H35N3O3/c1-23(2,3)20-10-7-18(8-11-20)14-26(17-24(4,5)16-25)15-19-9-12-22(30-6)21(13-19)27(28)29/h7-13H,14-17,25H2,1-6H3. The first kappa shape index (κ1) is 23.8. The van der Waals surface area contributed by atoms with E-state index in [1.807, 2.05) is 6.07 Å². The fourth-order valence-electron chi connectivity index (χ4n) is 3.44. The molecule has 30 heavy (non-hydrogen) atoms. The van der Waals surface area contributed by atoms with E-state index >= 15 is 0 Å². The van der Waals surface area contributed by atoms with Gasteiger partial charge < -0.3 is 10.5 Å². The van der Waals surface area contributed by atoms with Crippen LogP contribution in [0.25, 0.3) is 0 Å². The second kappa shape index (κ2) is 9.58. The van der Waals surface area contributed by atoms with Crippen LogP contribution in [0.3, 0.4) is 0 Å². The van der Waals surface area contributed by atoms with E-state index in [-0.39, 0.29) is 22.3 Å². The van der Waals surface area contributed by atoms with Crippen LogP contribution in [-0.2, 0) is 18.5 Å². The smallest absolute Gasteiger partial charge is 0.311 e. The summed E-state index contributed by atoms with van der Waals surface area (Å²) in [6, 6.07) is 13.8. The molecular formula is C24H35N3O3. The minimum Gasteiger partial charge on any atom is -0.490 e. The molecule has 0 bridgehead atoms. The highest BCUT2D eigenvalue weighted by Gasteiger charge is 2.22. The third-order valence-electron chi connectivity index (χ3n) is 5.28. The zero-order valence-corrected chi connectivity index (χ0v) is 19.1. The number of methoxy groups -OCH3 is 1. The SMILES string of the molecule is COc1ccc(CN(Cc2ccc(C(C)(C)C)cc2)CC(C)(C)CN)cc1[N+](=O)[O-]. The molecule has 2 rings (SSSR count). The van der Waals surface area contributed by atoms with Gasteiger partial charge in [-0.15, -0.1) is 0 Å². The first-order chi connectivity index (χ1) is 13.9. The lowest BCUT2D eigenvalue weighted by atomic mass is 9.86. The Bertz CT molecular complexity index is 855. The first-order valence-electron chi connectivity index (χ1n) is 10.3. The van der Waals surface area contributed by atoms with E-state index in [2.05, 4.69) is 63.8 Å². The van der Waals surface area contributed by atoms with E-state index < -0.39 is 4.92 Å². The summed E-state index contributed by atoms with van der Waals surface area (Å²) in [5, 5.41) is 11.4. The molecule has 0 atom stereocenters. The van der Waals surface area contributed by atoms with Gasteiger partial charge in [0.05, 0.1) is 12.0 Å². The van der Waals surface area contributed by atoms with Gasteiger partial charge >= 0.3 is 5.69 Å². The van der Waals surface area contributed by atoms with E-state index in [0.717, 1.165) is 18.7 Å². The number of hydrogen-bond acceptors (Lipinski definition) is 5. The number of nitrogens with two attached hydrogens (primary N) is 1. The Morgan fingerprint density at radius 3 is 2.07 bits per heavy atom. The summed E-state index contributed by atoms with van der Waals surface area (Å²) in [6.45, 7) is 13.6. The second-order valence-corrected chi connectivity index (χ2v) is 9.72. The minimum atomic E-state index is -0.401. The third kappa shape index (κ3) is 6.54. The van der Waals surface area contributed by atoms with Crippen molar-refractivity contribution in [2.45, 2.75) is 53.1 Å². The maximum absolute atomic E-state index is 11.4. The molecule has 0 heterocycles. The highest BCUT2D eigenvalue weighted by atomic mass is 16.6. The molecule has 0 aliphatic rings. The van der Waals surface area contributed by atoms with Crippen LogP contribution in [0.1, 0.15) is 51.3 Å². The molecule has 6 nitrogen and oxygen atoms in total. The van der Waals surface area contributed by atoms with Gasteiger partial charge in [-0.2, -0.15) is 0 Å². The molecule has 0 aromatic heterocycles. The third-order valence-corrected chi connectivity index (χ3v) is 5.28. The number of hydrogen-bond donors (Lipinski definition) is 1. The number of nitro groups is 1. The number of rotatable bonds is 9. The Hall–Kier alpha value is -2.44. The van der Waals surface area contributed by atoms with Gasteiger partial charge in [0.1, 0.15) is 0 Å². The monoisotopic (exact) mass is 413 g/mol. The predicted molar refractivity (Wildman–Crippen MR) is 122 cm³/mol. The van der Waals surface area contributed by atoms with Crippen LogP contribution in [0.5, 0.6) is 5.75 Å². The van der Waals surface area contributed by atoms with Gasteiger partial charge in [-0.3, -0.25) is 15.0 Å². The van der Waals surface area contributed by atoms with Crippen molar-refractivity contribution in [3.8, 4) is 5.75 Å². The van der Waals surface area contributed by atoms with Crippen molar-refractivity contribution in [3.05, 3.63) is 69.3 Å². The summed E-state index contributed by atoms with van der Waals surface area (Å²) in [4.78, 5) is 13.3. The lowest BCUT2D eigenvalue weighted by Gasteiger charge is -2.32. The van der Waals surface area contributed by atoms with Gasteiger partial charge in [0.15, 0.2) is 5.75 Å². The molecule has 0 saturated carbocycles. The van der Waals surface area contributed by atoms with Crippen molar-refractivity contribution in [1.82, 2.24) is 4.90 Å². The van der Waals surface area contributed by atoms with Crippen molar-refractivity contribution >= 4 is 5.69 Å². The average Bonchev–Trinajstić information content (AvgIpc) is 2.67. The van der Waals surface area contributed by atoms with Crippen molar-refractivity contribution in [2.75, 3.05) is 20.2 Å². The molecule has 0 spiro atoms. The van der Waals surface area contributed by atoms with Crippen molar-refractivity contribution in [2.24, 2.45) is 11.1 Å². The van der Waals surface area contributed by atoms with Crippen LogP contribution >= 0.6 is 0 Å². The number of ether oxygens (including phenoxy) is 1. The van der Waals surface area contributed by atoms with E-state index in [1.54, 1.807) is 12.1 Å². The minimum absolute atomic E-state index is 0.0115. The highest BCUT2D eigenvalue weighted by Crippen LogP contribution is 2.29. The van der Waals surface area contributed by atoms with Gasteiger partial charge in [0, 0.05) is 25.7 Å². The van der Waals surface area contributed by atoms with Gasteiger partial charge in [0.25, 0.3) is 0 Å². The van der Waals surface area contributed by atoms with Crippen molar-refractivity contribution in [1.29, 1.82) is 0 Å². The van der Waals surface area contributed by atoms with Gasteiger partial charge in [-0.1, -0.05) is 65.0 Å². The lowest BCUT2D eigenvalue weighted by molar-refractivity contribution is -0.385. The van der Waals surface area contributed by atoms with Crippen LogP contribution in [0.2, 0.25) is 0 Å². The van der Waals surface area contributed by atoms with Crippen LogP contribution in [0.15, 0.2) is 42.5 Å². The molecule has 0 aliphatic heterocycles. The molecular weight excluding hydrogens is 378 g/mol. The predicted octanol–water partition coefficient (Wildman–Crippen LogP) is 4.89. The summed E-state index contributed by atoms with van der Waals surface area (Å²) >= 11 is 0. The maximum atomic E-state index is 11.4. The highest BCUT2D eigenvalue weighted by molar-refractivity contribution is 5.48. The fourth-order valence-corrected chi connectivity index (χ4v) is 3.44. The zero-order valence-electron chi connectivity index (χ0n) is 19.1. The van der Waals surface area contributed by atoms with Gasteiger partial charge in [-0.25, -0.2) is 0 Å². The Labute approximate surface area is 180 Å². The van der Waals surface area contributed by atoms with Crippen LogP contribution in [0.4, 0.5) is 5.69 Å². The Kier molecular flexibility index (Phi) is 7.61. The van der Waals surface area contributed by atoms with Crippen molar-refractivity contribution < 1.29 is 9.66 Å². The van der Waals surface area contributed by atoms with E-state index in [9.17, 15) is 10.1 Å². The molecule has 0 amide bonds. The Morgan fingerprint density at radius 2 is 1.57 bits per heavy atom. The lowest BCUT2D eigenvalue weighted by Crippen LogP contribution is -2.38. The Balaban J connectivity index is 2.27. The first-order valence-corrected chi connectivity index (χ1v) is 10.3. The summed E-state index contributed by atoms with van der Waals surface area (Å²) in [6.07, 6.45) is 0. The van der Waals surface area contributed by atoms with E-state index in [1.165, 1.54) is 18.2 Å². The van der Waals surface area contributed by atoms with E-state index in [0.29, 0.717) is 13.1 Å². The molecule has 2 aromatic rings. The molecule has 2 aromatic carbocycles. The molecule has 0 fully saturated rings. The average molecular weight is 414 g/mol. The van der Waals surface area contributed by atoms with E-state index in [4.69, 9.17) is 10.5 Å². The van der Waals surface area contributed by atoms with Crippen molar-refractivity contribution in [3.63, 3.8) is 0 Å². The Morgan fingerprint density at radius 1 is 1.00 bits per heavy atom. The molecule has 164 valence electrons. The van der Waals surface area contributed by atoms with Crippen LogP contribution in [0, 0.1) is 15.5 Å². The fraction of sp³-hybridized carbons (Fsp3) is 0.500. The second-order valence-electron chi connectivity index (χ2n) is 9.72. The molecule has 6 heteroatoms. The van der Waals surface area contributed by atoms with Gasteiger partial charge in [-0.05, 0) is 40.1 Å². The molecule has 0 saturated heterocycles. The number of nitrogens with zero attached hydrogens (tertiary/aromatic N) is 2. The summed E-state index contributed by atoms with van der Waals surface area (Å²) in [7, 11) is 1.44. The van der Waals surface area contributed by atoms with Crippen LogP contribution < -0.4 is 10.5 Å².